The van der Waals surface area contributed by atoms with Crippen molar-refractivity contribution in [3.05, 3.63) is 48.6 Å². The van der Waals surface area contributed by atoms with Crippen molar-refractivity contribution in [2.75, 3.05) is 13.2 Å². The van der Waals surface area contributed by atoms with Gasteiger partial charge in [-0.05, 0) is 83.5 Å². The summed E-state index contributed by atoms with van der Waals surface area (Å²) in [5, 5.41) is 0. The number of hydrogen-bond acceptors (Lipinski definition) is 6. The van der Waals surface area contributed by atoms with E-state index in [1.165, 1.54) is 295 Å². The van der Waals surface area contributed by atoms with E-state index in [0.717, 1.165) is 70.6 Å². The molecule has 486 valence electrons. The lowest BCUT2D eigenvalue weighted by Crippen LogP contribution is -2.30. The molecule has 0 amide bonds. The summed E-state index contributed by atoms with van der Waals surface area (Å²) in [5.41, 5.74) is 0. The maximum Gasteiger partial charge on any atom is 0.306 e. The van der Waals surface area contributed by atoms with Crippen molar-refractivity contribution in [2.24, 2.45) is 0 Å². The molecule has 0 aromatic carbocycles. The van der Waals surface area contributed by atoms with Gasteiger partial charge in [-0.2, -0.15) is 0 Å². The van der Waals surface area contributed by atoms with Crippen molar-refractivity contribution in [3.63, 3.8) is 0 Å². The molecule has 0 heterocycles. The number of hydrogen-bond donors (Lipinski definition) is 0. The van der Waals surface area contributed by atoms with Gasteiger partial charge >= 0.3 is 17.9 Å². The molecular weight excluding hydrogens is 1020 g/mol. The van der Waals surface area contributed by atoms with Crippen LogP contribution < -0.4 is 0 Å². The third kappa shape index (κ3) is 70.0. The number of carbonyl (C=O) groups excluding carboxylic acids is 3. The monoisotopic (exact) mass is 1160 g/mol. The Kier molecular flexibility index (Phi) is 69.6. The lowest BCUT2D eigenvalue weighted by molar-refractivity contribution is -0.167. The first-order valence-electron chi connectivity index (χ1n) is 37.1. The maximum atomic E-state index is 13.0. The zero-order valence-corrected chi connectivity index (χ0v) is 56.0. The second kappa shape index (κ2) is 71.8. The van der Waals surface area contributed by atoms with Crippen LogP contribution in [0, 0.1) is 0 Å². The molecule has 0 aliphatic heterocycles. The van der Waals surface area contributed by atoms with Crippen molar-refractivity contribution in [2.45, 2.75) is 412 Å². The highest BCUT2D eigenvalue weighted by molar-refractivity contribution is 5.71. The first kappa shape index (κ1) is 80.4. The van der Waals surface area contributed by atoms with Gasteiger partial charge in [-0.25, -0.2) is 0 Å². The molecule has 0 spiro atoms. The quantitative estimate of drug-likeness (QED) is 0.0261. The van der Waals surface area contributed by atoms with Crippen molar-refractivity contribution < 1.29 is 28.6 Å². The number of ether oxygens (including phenoxy) is 3. The summed E-state index contributed by atoms with van der Waals surface area (Å²) < 4.78 is 17.0. The third-order valence-electron chi connectivity index (χ3n) is 16.8. The molecule has 0 saturated carbocycles. The van der Waals surface area contributed by atoms with Crippen LogP contribution in [0.2, 0.25) is 0 Å². The van der Waals surface area contributed by atoms with Crippen molar-refractivity contribution in [3.8, 4) is 0 Å². The molecule has 0 aromatic heterocycles. The highest BCUT2D eigenvalue weighted by Crippen LogP contribution is 2.18. The van der Waals surface area contributed by atoms with Crippen LogP contribution in [-0.2, 0) is 28.6 Å². The van der Waals surface area contributed by atoms with Crippen molar-refractivity contribution in [1.82, 2.24) is 0 Å². The highest BCUT2D eigenvalue weighted by Gasteiger charge is 2.19. The van der Waals surface area contributed by atoms with Gasteiger partial charge in [0, 0.05) is 19.3 Å². The van der Waals surface area contributed by atoms with Crippen LogP contribution in [0.15, 0.2) is 48.6 Å². The van der Waals surface area contributed by atoms with E-state index in [1.807, 2.05) is 0 Å². The summed E-state index contributed by atoms with van der Waals surface area (Å²) in [6, 6.07) is 0. The Labute approximate surface area is 518 Å². The Balaban J connectivity index is 4.29. The van der Waals surface area contributed by atoms with Crippen LogP contribution in [-0.4, -0.2) is 37.2 Å². The normalized spacial score (nSPS) is 12.3. The first-order chi connectivity index (χ1) is 41.0. The fourth-order valence-electron chi connectivity index (χ4n) is 11.2. The van der Waals surface area contributed by atoms with Gasteiger partial charge in [0.2, 0.25) is 0 Å². The number of esters is 3. The standard InChI is InChI=1S/C77H142O6/c1-4-7-10-13-16-19-22-25-28-31-34-35-36-37-38-39-40-41-44-46-49-52-55-58-61-64-67-70-76(79)82-73-74(83-77(80)71-68-65-62-59-56-53-50-47-43-33-30-27-24-21-18-15-12-9-6-3)72-81-75(78)69-66-63-60-57-54-51-48-45-42-32-29-26-23-20-17-14-11-8-5-2/h22,25,27,30-31,34,36-37,74H,4-21,23-24,26,28-29,32-33,35,38-73H2,1-3H3/b25-22-,30-27-,34-31-,37-36-. The fraction of sp³-hybridized carbons (Fsp3) is 0.857. The van der Waals surface area contributed by atoms with Gasteiger partial charge < -0.3 is 14.2 Å². The van der Waals surface area contributed by atoms with Gasteiger partial charge in [-0.3, -0.25) is 14.4 Å². The summed E-state index contributed by atoms with van der Waals surface area (Å²) in [4.78, 5) is 38.5. The van der Waals surface area contributed by atoms with E-state index in [-0.39, 0.29) is 31.1 Å². The second-order valence-corrected chi connectivity index (χ2v) is 25.2. The van der Waals surface area contributed by atoms with Gasteiger partial charge in [0.1, 0.15) is 13.2 Å². The Bertz CT molecular complexity index is 1430. The van der Waals surface area contributed by atoms with Crippen LogP contribution in [0.3, 0.4) is 0 Å². The molecule has 6 nitrogen and oxygen atoms in total. The highest BCUT2D eigenvalue weighted by atomic mass is 16.6. The van der Waals surface area contributed by atoms with E-state index in [2.05, 4.69) is 69.4 Å². The topological polar surface area (TPSA) is 78.9 Å². The minimum absolute atomic E-state index is 0.0691. The Morgan fingerprint density at radius 2 is 0.434 bits per heavy atom. The second-order valence-electron chi connectivity index (χ2n) is 25.2. The Morgan fingerprint density at radius 3 is 0.687 bits per heavy atom. The fourth-order valence-corrected chi connectivity index (χ4v) is 11.2. The van der Waals surface area contributed by atoms with Gasteiger partial charge in [-0.15, -0.1) is 0 Å². The average molecular weight is 1160 g/mol. The van der Waals surface area contributed by atoms with E-state index < -0.39 is 6.10 Å². The summed E-state index contributed by atoms with van der Waals surface area (Å²) in [6.07, 6.45) is 91.4. The molecule has 0 aliphatic carbocycles. The summed E-state index contributed by atoms with van der Waals surface area (Å²) in [5.74, 6) is -0.842. The molecule has 1 atom stereocenters. The zero-order valence-electron chi connectivity index (χ0n) is 56.0. The Morgan fingerprint density at radius 1 is 0.241 bits per heavy atom. The van der Waals surface area contributed by atoms with E-state index in [9.17, 15) is 14.4 Å². The van der Waals surface area contributed by atoms with Crippen LogP contribution in [0.25, 0.3) is 0 Å². The lowest BCUT2D eigenvalue weighted by atomic mass is 10.0. The molecule has 6 heteroatoms. The van der Waals surface area contributed by atoms with Crippen LogP contribution in [0.1, 0.15) is 406 Å². The predicted molar refractivity (Wildman–Crippen MR) is 362 cm³/mol. The number of rotatable bonds is 69. The molecule has 0 aromatic rings. The van der Waals surface area contributed by atoms with Gasteiger partial charge in [0.15, 0.2) is 6.10 Å². The number of carbonyl (C=O) groups is 3. The first-order valence-corrected chi connectivity index (χ1v) is 37.1. The molecule has 0 bridgehead atoms. The minimum atomic E-state index is -0.775. The third-order valence-corrected chi connectivity index (χ3v) is 16.8. The molecule has 0 N–H and O–H groups in total. The predicted octanol–water partition coefficient (Wildman–Crippen LogP) is 25.7. The zero-order chi connectivity index (χ0) is 59.9. The molecule has 1 unspecified atom stereocenters. The number of allylic oxidation sites excluding steroid dienone is 8. The molecule has 0 saturated heterocycles. The van der Waals surface area contributed by atoms with Crippen molar-refractivity contribution in [1.29, 1.82) is 0 Å². The van der Waals surface area contributed by atoms with Gasteiger partial charge in [0.05, 0.1) is 0 Å². The van der Waals surface area contributed by atoms with Crippen LogP contribution in [0.5, 0.6) is 0 Å². The SMILES string of the molecule is CCCCCCC/C=C\C/C=C\C/C=C\CCCCCCCCCCCCCCC(=O)OCC(COC(=O)CCCCCCCCCCCCCCCCCCCCC)OC(=O)CCCCCCCCCCC/C=C\CCCCCCCC. The maximum absolute atomic E-state index is 13.0. The molecule has 0 radical (unpaired) electrons. The van der Waals surface area contributed by atoms with Gasteiger partial charge in [-0.1, -0.05) is 352 Å². The van der Waals surface area contributed by atoms with E-state index in [0.29, 0.717) is 19.3 Å². The molecule has 0 fully saturated rings. The largest absolute Gasteiger partial charge is 0.462 e. The smallest absolute Gasteiger partial charge is 0.306 e. The molecule has 83 heavy (non-hydrogen) atoms. The van der Waals surface area contributed by atoms with E-state index in [1.54, 1.807) is 0 Å². The average Bonchev–Trinajstić information content (AvgIpc) is 3.50. The van der Waals surface area contributed by atoms with E-state index >= 15 is 0 Å². The summed E-state index contributed by atoms with van der Waals surface area (Å²) >= 11 is 0. The van der Waals surface area contributed by atoms with E-state index in [4.69, 9.17) is 14.2 Å². The number of unbranched alkanes of at least 4 members (excludes halogenated alkanes) is 50. The summed E-state index contributed by atoms with van der Waals surface area (Å²) in [6.45, 7) is 6.70. The molecule has 0 aliphatic rings. The Hall–Kier alpha value is -2.63. The minimum Gasteiger partial charge on any atom is -0.462 e. The summed E-state index contributed by atoms with van der Waals surface area (Å²) in [7, 11) is 0. The molecular formula is C77H142O6. The van der Waals surface area contributed by atoms with Gasteiger partial charge in [0.25, 0.3) is 0 Å². The van der Waals surface area contributed by atoms with Crippen molar-refractivity contribution >= 4 is 17.9 Å². The molecule has 0 rings (SSSR count). The lowest BCUT2D eigenvalue weighted by Gasteiger charge is -2.18. The van der Waals surface area contributed by atoms with Crippen LogP contribution in [0.4, 0.5) is 0 Å². The van der Waals surface area contributed by atoms with Crippen LogP contribution >= 0.6 is 0 Å².